The van der Waals surface area contributed by atoms with Crippen LogP contribution in [0.2, 0.25) is 0 Å². The predicted molar refractivity (Wildman–Crippen MR) is 121 cm³/mol. The molecule has 0 spiro atoms. The number of rotatable bonds is 6. The molecule has 1 heterocycles. The minimum absolute atomic E-state index is 0.0267. The van der Waals surface area contributed by atoms with E-state index in [-0.39, 0.29) is 41.8 Å². The Labute approximate surface area is 203 Å². The molecule has 36 heavy (non-hydrogen) atoms. The maximum Gasteiger partial charge on any atom is 0.416 e. The van der Waals surface area contributed by atoms with E-state index in [2.05, 4.69) is 10.3 Å². The van der Waals surface area contributed by atoms with Crippen molar-refractivity contribution in [1.29, 1.82) is 0 Å². The zero-order valence-corrected chi connectivity index (χ0v) is 19.3. The summed E-state index contributed by atoms with van der Waals surface area (Å²) in [6.45, 7) is 3.36. The predicted octanol–water partition coefficient (Wildman–Crippen LogP) is 6.20. The number of aromatic nitrogens is 1. The number of aryl methyl sites for hydroxylation is 1. The molecule has 1 N–H and O–H groups in total. The summed E-state index contributed by atoms with van der Waals surface area (Å²) >= 11 is 0. The molecule has 4 rings (SSSR count). The number of esters is 1. The van der Waals surface area contributed by atoms with Crippen LogP contribution in [0.1, 0.15) is 46.9 Å². The molecule has 0 atom stereocenters. The summed E-state index contributed by atoms with van der Waals surface area (Å²) in [7, 11) is 0. The normalized spacial score (nSPS) is 14.3. The number of amides is 1. The van der Waals surface area contributed by atoms with Gasteiger partial charge in [-0.3, -0.25) is 9.78 Å². The highest BCUT2D eigenvalue weighted by molar-refractivity contribution is 6.04. The van der Waals surface area contributed by atoms with E-state index in [1.165, 1.54) is 12.3 Å². The number of carbonyl (C=O) groups excluding carboxylic acids is 2. The van der Waals surface area contributed by atoms with Crippen LogP contribution in [-0.4, -0.2) is 23.5 Å². The van der Waals surface area contributed by atoms with E-state index in [9.17, 15) is 27.2 Å². The van der Waals surface area contributed by atoms with Crippen LogP contribution in [0, 0.1) is 18.6 Å². The molecular weight excluding hydrogens is 483 g/mol. The van der Waals surface area contributed by atoms with Crippen LogP contribution in [0.5, 0.6) is 0 Å². The summed E-state index contributed by atoms with van der Waals surface area (Å²) in [6.07, 6.45) is -2.93. The van der Waals surface area contributed by atoms with Crippen molar-refractivity contribution in [2.45, 2.75) is 38.3 Å². The standard InChI is InChI=1S/C26H21F5N2O3/c1-3-36-23(34)18-11-17(12-21(28)22(18)15-5-4-14(2)32-13-15)33-24(35)25(8-9-25)19-7-6-16(10-20(19)27)26(29,30)31/h4-7,10-13H,3,8-9H2,1-2H3,(H,33,35). The lowest BCUT2D eigenvalue weighted by Gasteiger charge is -2.19. The second kappa shape index (κ2) is 9.33. The van der Waals surface area contributed by atoms with E-state index < -0.39 is 40.7 Å². The number of hydrogen-bond donors (Lipinski definition) is 1. The highest BCUT2D eigenvalue weighted by Gasteiger charge is 2.53. The average molecular weight is 504 g/mol. The smallest absolute Gasteiger partial charge is 0.416 e. The Kier molecular flexibility index (Phi) is 6.55. The van der Waals surface area contributed by atoms with Gasteiger partial charge >= 0.3 is 12.1 Å². The molecule has 1 saturated carbocycles. The zero-order chi connectivity index (χ0) is 26.3. The number of nitrogens with one attached hydrogen (secondary N) is 1. The Morgan fingerprint density at radius 2 is 1.78 bits per heavy atom. The third-order valence-electron chi connectivity index (χ3n) is 6.04. The van der Waals surface area contributed by atoms with Crippen molar-refractivity contribution in [1.82, 2.24) is 4.98 Å². The number of anilines is 1. The summed E-state index contributed by atoms with van der Waals surface area (Å²) in [6, 6.07) is 7.51. The van der Waals surface area contributed by atoms with Crippen LogP contribution in [0.15, 0.2) is 48.7 Å². The molecule has 0 aliphatic heterocycles. The van der Waals surface area contributed by atoms with Crippen molar-refractivity contribution in [3.05, 3.63) is 82.7 Å². The van der Waals surface area contributed by atoms with Crippen molar-refractivity contribution in [3.8, 4) is 11.1 Å². The van der Waals surface area contributed by atoms with Crippen molar-refractivity contribution in [2.24, 2.45) is 0 Å². The molecule has 2 aromatic carbocycles. The van der Waals surface area contributed by atoms with Gasteiger partial charge in [0.15, 0.2) is 0 Å². The molecule has 0 unspecified atom stereocenters. The molecule has 1 fully saturated rings. The Morgan fingerprint density at radius 1 is 1.06 bits per heavy atom. The minimum atomic E-state index is -4.73. The Balaban J connectivity index is 1.68. The van der Waals surface area contributed by atoms with Gasteiger partial charge < -0.3 is 10.1 Å². The number of nitrogens with zero attached hydrogens (tertiary/aromatic N) is 1. The van der Waals surface area contributed by atoms with Crippen LogP contribution >= 0.6 is 0 Å². The second-order valence-corrected chi connectivity index (χ2v) is 8.52. The molecule has 1 aliphatic rings. The van der Waals surface area contributed by atoms with E-state index in [1.807, 2.05) is 0 Å². The Hall–Kier alpha value is -3.82. The molecule has 188 valence electrons. The third-order valence-corrected chi connectivity index (χ3v) is 6.04. The first-order valence-corrected chi connectivity index (χ1v) is 11.1. The van der Waals surface area contributed by atoms with Gasteiger partial charge in [-0.15, -0.1) is 0 Å². The second-order valence-electron chi connectivity index (χ2n) is 8.52. The van der Waals surface area contributed by atoms with Crippen LogP contribution in [0.25, 0.3) is 11.1 Å². The highest BCUT2D eigenvalue weighted by atomic mass is 19.4. The van der Waals surface area contributed by atoms with Crippen molar-refractivity contribution in [3.63, 3.8) is 0 Å². The number of alkyl halides is 3. The lowest BCUT2D eigenvalue weighted by molar-refractivity contribution is -0.137. The first-order chi connectivity index (χ1) is 17.0. The van der Waals surface area contributed by atoms with E-state index in [0.717, 1.165) is 12.1 Å². The van der Waals surface area contributed by atoms with Crippen molar-refractivity contribution < 1.29 is 36.3 Å². The maximum absolute atomic E-state index is 15.2. The summed E-state index contributed by atoms with van der Waals surface area (Å²) in [5.74, 6) is -3.52. The van der Waals surface area contributed by atoms with Gasteiger partial charge in [0.05, 0.1) is 23.1 Å². The minimum Gasteiger partial charge on any atom is -0.462 e. The topological polar surface area (TPSA) is 68.3 Å². The fraction of sp³-hybridized carbons (Fsp3) is 0.269. The SMILES string of the molecule is CCOC(=O)c1cc(NC(=O)C2(c3ccc(C(F)(F)F)cc3F)CC2)cc(F)c1-c1ccc(C)nc1. The van der Waals surface area contributed by atoms with E-state index >= 15 is 4.39 Å². The number of hydrogen-bond acceptors (Lipinski definition) is 4. The monoisotopic (exact) mass is 504 g/mol. The number of ether oxygens (including phenoxy) is 1. The number of halogens is 5. The average Bonchev–Trinajstić information content (AvgIpc) is 3.61. The molecule has 1 aromatic heterocycles. The Morgan fingerprint density at radius 3 is 2.33 bits per heavy atom. The molecule has 0 radical (unpaired) electrons. The van der Waals surface area contributed by atoms with Crippen molar-refractivity contribution in [2.75, 3.05) is 11.9 Å². The first-order valence-electron chi connectivity index (χ1n) is 11.1. The molecule has 1 amide bonds. The fourth-order valence-corrected chi connectivity index (χ4v) is 4.03. The molecule has 3 aromatic rings. The van der Waals surface area contributed by atoms with Gasteiger partial charge in [0.2, 0.25) is 5.91 Å². The van der Waals surface area contributed by atoms with Crippen LogP contribution in [0.4, 0.5) is 27.6 Å². The third kappa shape index (κ3) is 4.80. The zero-order valence-electron chi connectivity index (χ0n) is 19.3. The highest BCUT2D eigenvalue weighted by Crippen LogP contribution is 2.50. The fourth-order valence-electron chi connectivity index (χ4n) is 4.03. The molecule has 0 saturated heterocycles. The van der Waals surface area contributed by atoms with E-state index in [1.54, 1.807) is 26.0 Å². The van der Waals surface area contributed by atoms with Gasteiger partial charge in [0, 0.05) is 34.3 Å². The van der Waals surface area contributed by atoms with Gasteiger partial charge in [-0.05, 0) is 57.0 Å². The first kappa shape index (κ1) is 25.3. The molecule has 5 nitrogen and oxygen atoms in total. The van der Waals surface area contributed by atoms with Gasteiger partial charge in [-0.25, -0.2) is 13.6 Å². The number of pyridine rings is 1. The summed E-state index contributed by atoms with van der Waals surface area (Å²) < 4.78 is 73.6. The molecule has 0 bridgehead atoms. The van der Waals surface area contributed by atoms with Crippen LogP contribution in [-0.2, 0) is 21.1 Å². The van der Waals surface area contributed by atoms with E-state index in [4.69, 9.17) is 4.74 Å². The maximum atomic E-state index is 15.2. The van der Waals surface area contributed by atoms with Crippen LogP contribution in [0.3, 0.4) is 0 Å². The lowest BCUT2D eigenvalue weighted by Crippen LogP contribution is -2.29. The largest absolute Gasteiger partial charge is 0.462 e. The summed E-state index contributed by atoms with van der Waals surface area (Å²) in [5, 5.41) is 2.49. The molecule has 1 aliphatic carbocycles. The van der Waals surface area contributed by atoms with Gasteiger partial charge in [0.1, 0.15) is 11.6 Å². The van der Waals surface area contributed by atoms with E-state index in [0.29, 0.717) is 23.4 Å². The van der Waals surface area contributed by atoms with Crippen LogP contribution < -0.4 is 5.32 Å². The quantitative estimate of drug-likeness (QED) is 0.321. The number of benzene rings is 2. The van der Waals surface area contributed by atoms with Gasteiger partial charge in [0.25, 0.3) is 0 Å². The number of carbonyl (C=O) groups is 2. The van der Waals surface area contributed by atoms with Gasteiger partial charge in [-0.1, -0.05) is 12.1 Å². The summed E-state index contributed by atoms with van der Waals surface area (Å²) in [5.41, 5.74) is -2.02. The lowest BCUT2D eigenvalue weighted by atomic mass is 9.92. The molecule has 10 heteroatoms. The van der Waals surface area contributed by atoms with Gasteiger partial charge in [-0.2, -0.15) is 13.2 Å². The summed E-state index contributed by atoms with van der Waals surface area (Å²) in [4.78, 5) is 29.8. The van der Waals surface area contributed by atoms with Crippen molar-refractivity contribution >= 4 is 17.6 Å². The Bertz CT molecular complexity index is 1330. The molecular formula is C26H21F5N2O3.